The van der Waals surface area contributed by atoms with Crippen LogP contribution in [0.5, 0.6) is 5.75 Å². The molecule has 2 amide bonds. The van der Waals surface area contributed by atoms with Crippen LogP contribution in [-0.2, 0) is 19.6 Å². The Bertz CT molecular complexity index is 928. The molecule has 2 aromatic rings. The number of nitrogens with zero attached hydrogens (tertiary/aromatic N) is 1. The van der Waals surface area contributed by atoms with E-state index >= 15 is 0 Å². The first kappa shape index (κ1) is 17.7. The Morgan fingerprint density at radius 2 is 2.04 bits per heavy atom. The third-order valence-corrected chi connectivity index (χ3v) is 6.22. The second-order valence-electron chi connectivity index (χ2n) is 4.95. The SMILES string of the molecule is O=C(CN1C(=O)COc2ccccc21)NNS(=O)(=O)c1ccc(Cl)s1. The van der Waals surface area contributed by atoms with Gasteiger partial charge < -0.3 is 4.74 Å². The summed E-state index contributed by atoms with van der Waals surface area (Å²) in [5.74, 6) is -0.623. The summed E-state index contributed by atoms with van der Waals surface area (Å²) in [6.07, 6.45) is 0. The molecule has 11 heteroatoms. The van der Waals surface area contributed by atoms with E-state index in [2.05, 4.69) is 5.43 Å². The number of ether oxygens (including phenoxy) is 1. The summed E-state index contributed by atoms with van der Waals surface area (Å²) in [6.45, 7) is -0.545. The molecule has 0 fully saturated rings. The lowest BCUT2D eigenvalue weighted by Gasteiger charge is -2.28. The van der Waals surface area contributed by atoms with Crippen LogP contribution in [0.2, 0.25) is 4.34 Å². The molecule has 0 spiro atoms. The Labute approximate surface area is 152 Å². The van der Waals surface area contributed by atoms with Crippen LogP contribution in [0.3, 0.4) is 0 Å². The predicted molar refractivity (Wildman–Crippen MR) is 92.1 cm³/mol. The van der Waals surface area contributed by atoms with Gasteiger partial charge in [0.25, 0.3) is 21.8 Å². The number of fused-ring (bicyclic) bond motifs is 1. The second-order valence-corrected chi connectivity index (χ2v) is 8.57. The Hall–Kier alpha value is -2.14. The van der Waals surface area contributed by atoms with Crippen LogP contribution >= 0.6 is 22.9 Å². The number of hydrazine groups is 1. The van der Waals surface area contributed by atoms with Crippen molar-refractivity contribution < 1.29 is 22.7 Å². The quantitative estimate of drug-likeness (QED) is 0.731. The molecular formula is C14H12ClN3O5S2. The fourth-order valence-electron chi connectivity index (χ4n) is 2.13. The third-order valence-electron chi connectivity index (χ3n) is 3.25. The van der Waals surface area contributed by atoms with E-state index in [1.807, 2.05) is 4.83 Å². The Morgan fingerprint density at radius 3 is 2.76 bits per heavy atom. The molecule has 3 rings (SSSR count). The van der Waals surface area contributed by atoms with Gasteiger partial charge in [-0.3, -0.25) is 19.9 Å². The van der Waals surface area contributed by atoms with E-state index < -0.39 is 21.8 Å². The molecule has 0 atom stereocenters. The molecule has 1 aromatic carbocycles. The summed E-state index contributed by atoms with van der Waals surface area (Å²) in [6, 6.07) is 9.52. The molecular weight excluding hydrogens is 390 g/mol. The fourth-order valence-corrected chi connectivity index (χ4v) is 4.47. The van der Waals surface area contributed by atoms with Crippen LogP contribution in [0.1, 0.15) is 0 Å². The molecule has 1 aliphatic heterocycles. The lowest BCUT2D eigenvalue weighted by atomic mass is 10.2. The summed E-state index contributed by atoms with van der Waals surface area (Å²) in [4.78, 5) is 27.2. The number of para-hydroxylation sites is 2. The van der Waals surface area contributed by atoms with Gasteiger partial charge in [-0.2, -0.15) is 0 Å². The van der Waals surface area contributed by atoms with Gasteiger partial charge >= 0.3 is 0 Å². The summed E-state index contributed by atoms with van der Waals surface area (Å²) >= 11 is 6.56. The van der Waals surface area contributed by atoms with E-state index in [1.54, 1.807) is 24.3 Å². The zero-order chi connectivity index (χ0) is 18.0. The summed E-state index contributed by atoms with van der Waals surface area (Å²) in [7, 11) is -3.93. The Kier molecular flexibility index (Phi) is 4.95. The van der Waals surface area contributed by atoms with Gasteiger partial charge in [0, 0.05) is 0 Å². The molecule has 132 valence electrons. The van der Waals surface area contributed by atoms with E-state index in [0.29, 0.717) is 15.8 Å². The maximum absolute atomic E-state index is 12.1. The number of benzene rings is 1. The molecule has 0 radical (unpaired) electrons. The summed E-state index contributed by atoms with van der Waals surface area (Å²) < 4.78 is 29.6. The molecule has 25 heavy (non-hydrogen) atoms. The van der Waals surface area contributed by atoms with Gasteiger partial charge in [0.1, 0.15) is 16.5 Å². The number of sulfonamides is 1. The smallest absolute Gasteiger partial charge is 0.266 e. The average molecular weight is 402 g/mol. The number of amides is 2. The molecule has 0 saturated carbocycles. The van der Waals surface area contributed by atoms with E-state index in [1.165, 1.54) is 17.0 Å². The number of nitrogens with one attached hydrogen (secondary N) is 2. The minimum Gasteiger partial charge on any atom is -0.482 e. The minimum absolute atomic E-state index is 0.0365. The number of hydrogen-bond donors (Lipinski definition) is 2. The highest BCUT2D eigenvalue weighted by Crippen LogP contribution is 2.31. The second kappa shape index (κ2) is 7.00. The van der Waals surface area contributed by atoms with Crippen molar-refractivity contribution in [3.8, 4) is 5.75 Å². The standard InChI is InChI=1S/C14H12ClN3O5S2/c15-11-5-6-14(24-11)25(21,22)17-16-12(19)7-18-9-3-1-2-4-10(9)23-8-13(18)20/h1-6,17H,7-8H2,(H,16,19). The summed E-state index contributed by atoms with van der Waals surface area (Å²) in [5, 5.41) is 0. The van der Waals surface area contributed by atoms with E-state index in [-0.39, 0.29) is 17.4 Å². The van der Waals surface area contributed by atoms with Gasteiger partial charge in [0.15, 0.2) is 6.61 Å². The molecule has 2 heterocycles. The van der Waals surface area contributed by atoms with Crippen molar-refractivity contribution in [3.05, 3.63) is 40.7 Å². The molecule has 0 bridgehead atoms. The topological polar surface area (TPSA) is 105 Å². The van der Waals surface area contributed by atoms with Crippen molar-refractivity contribution >= 4 is 50.5 Å². The van der Waals surface area contributed by atoms with E-state index in [4.69, 9.17) is 16.3 Å². The van der Waals surface area contributed by atoms with Crippen LogP contribution in [0.15, 0.2) is 40.6 Å². The number of hydrogen-bond acceptors (Lipinski definition) is 6. The van der Waals surface area contributed by atoms with Gasteiger partial charge in [-0.25, -0.2) is 8.42 Å². The normalized spacial score (nSPS) is 14.0. The Balaban J connectivity index is 1.66. The number of carbonyl (C=O) groups excluding carboxylic acids is 2. The third kappa shape index (κ3) is 3.93. The molecule has 8 nitrogen and oxygen atoms in total. The van der Waals surface area contributed by atoms with Crippen molar-refractivity contribution in [1.29, 1.82) is 0 Å². The number of halogens is 1. The molecule has 0 unspecified atom stereocenters. The first-order valence-corrected chi connectivity index (χ1v) is 9.63. The Morgan fingerprint density at radius 1 is 1.28 bits per heavy atom. The monoisotopic (exact) mass is 401 g/mol. The predicted octanol–water partition coefficient (Wildman–Crippen LogP) is 1.14. The molecule has 1 aromatic heterocycles. The zero-order valence-corrected chi connectivity index (χ0v) is 15.0. The molecule has 0 aliphatic carbocycles. The summed E-state index contributed by atoms with van der Waals surface area (Å²) in [5.41, 5.74) is 2.53. The van der Waals surface area contributed by atoms with E-state index in [9.17, 15) is 18.0 Å². The first-order valence-electron chi connectivity index (χ1n) is 6.95. The van der Waals surface area contributed by atoms with Crippen molar-refractivity contribution in [3.63, 3.8) is 0 Å². The van der Waals surface area contributed by atoms with Gasteiger partial charge in [-0.05, 0) is 24.3 Å². The molecule has 2 N–H and O–H groups in total. The fraction of sp³-hybridized carbons (Fsp3) is 0.143. The van der Waals surface area contributed by atoms with Crippen LogP contribution in [0, 0.1) is 0 Å². The van der Waals surface area contributed by atoms with Crippen molar-refractivity contribution in [1.82, 2.24) is 10.3 Å². The van der Waals surface area contributed by atoms with Crippen LogP contribution in [0.25, 0.3) is 0 Å². The highest BCUT2D eigenvalue weighted by molar-refractivity contribution is 7.91. The minimum atomic E-state index is -3.93. The van der Waals surface area contributed by atoms with Crippen LogP contribution < -0.4 is 19.9 Å². The largest absolute Gasteiger partial charge is 0.482 e. The van der Waals surface area contributed by atoms with Gasteiger partial charge in [0.05, 0.1) is 10.0 Å². The average Bonchev–Trinajstić information content (AvgIpc) is 3.03. The first-order chi connectivity index (χ1) is 11.9. The zero-order valence-electron chi connectivity index (χ0n) is 12.6. The molecule has 1 aliphatic rings. The molecule has 0 saturated heterocycles. The van der Waals surface area contributed by atoms with Crippen molar-refractivity contribution in [2.45, 2.75) is 4.21 Å². The van der Waals surface area contributed by atoms with Crippen LogP contribution in [-0.4, -0.2) is 33.4 Å². The van der Waals surface area contributed by atoms with Crippen molar-refractivity contribution in [2.24, 2.45) is 0 Å². The highest BCUT2D eigenvalue weighted by atomic mass is 35.5. The van der Waals surface area contributed by atoms with Crippen molar-refractivity contribution in [2.75, 3.05) is 18.1 Å². The highest BCUT2D eigenvalue weighted by Gasteiger charge is 2.27. The number of anilines is 1. The number of rotatable bonds is 5. The van der Waals surface area contributed by atoms with Gasteiger partial charge in [0.2, 0.25) is 0 Å². The van der Waals surface area contributed by atoms with Gasteiger partial charge in [-0.15, -0.1) is 16.2 Å². The maximum atomic E-state index is 12.1. The van der Waals surface area contributed by atoms with Gasteiger partial charge in [-0.1, -0.05) is 23.7 Å². The van der Waals surface area contributed by atoms with E-state index in [0.717, 1.165) is 11.3 Å². The number of thiophene rings is 1. The number of carbonyl (C=O) groups is 2. The maximum Gasteiger partial charge on any atom is 0.266 e. The lowest BCUT2D eigenvalue weighted by Crippen LogP contribution is -2.49. The lowest BCUT2D eigenvalue weighted by molar-refractivity contribution is -0.125. The van der Waals surface area contributed by atoms with Crippen LogP contribution in [0.4, 0.5) is 5.69 Å².